The summed E-state index contributed by atoms with van der Waals surface area (Å²) in [6.07, 6.45) is 5.66. The van der Waals surface area contributed by atoms with Gasteiger partial charge >= 0.3 is 0 Å². The third-order valence-electron chi connectivity index (χ3n) is 4.94. The Balaban J connectivity index is 1.68. The van der Waals surface area contributed by atoms with Gasteiger partial charge in [-0.2, -0.15) is 0 Å². The van der Waals surface area contributed by atoms with Gasteiger partial charge < -0.3 is 10.2 Å². The van der Waals surface area contributed by atoms with E-state index in [4.69, 9.17) is 11.6 Å². The van der Waals surface area contributed by atoms with Crippen molar-refractivity contribution in [2.24, 2.45) is 0 Å². The van der Waals surface area contributed by atoms with E-state index in [1.165, 1.54) is 0 Å². The van der Waals surface area contributed by atoms with Gasteiger partial charge in [-0.3, -0.25) is 14.6 Å². The summed E-state index contributed by atoms with van der Waals surface area (Å²) in [6.45, 7) is 2.34. The van der Waals surface area contributed by atoms with Crippen LogP contribution < -0.4 is 10.2 Å². The number of benzene rings is 1. The third kappa shape index (κ3) is 2.68. The fourth-order valence-corrected chi connectivity index (χ4v) is 3.87. The molecule has 0 fully saturated rings. The van der Waals surface area contributed by atoms with Crippen LogP contribution >= 0.6 is 11.6 Å². The van der Waals surface area contributed by atoms with Crippen LogP contribution in [0, 0.1) is 0 Å². The van der Waals surface area contributed by atoms with Gasteiger partial charge in [-0.05, 0) is 47.7 Å². The first-order chi connectivity index (χ1) is 12.1. The first-order valence-corrected chi connectivity index (χ1v) is 8.82. The minimum absolute atomic E-state index is 0.0237. The molecule has 1 N–H and O–H groups in total. The maximum absolute atomic E-state index is 12.8. The van der Waals surface area contributed by atoms with Crippen LogP contribution in [0.3, 0.4) is 0 Å². The van der Waals surface area contributed by atoms with Crippen molar-refractivity contribution in [2.75, 3.05) is 4.90 Å². The Bertz CT molecular complexity index is 881. The maximum Gasteiger partial charge on any atom is 0.258 e. The zero-order valence-corrected chi connectivity index (χ0v) is 14.6. The third-order valence-corrected chi connectivity index (χ3v) is 5.18. The molecule has 1 aliphatic heterocycles. The summed E-state index contributed by atoms with van der Waals surface area (Å²) < 4.78 is 0. The van der Waals surface area contributed by atoms with E-state index in [2.05, 4.69) is 10.3 Å². The molecule has 2 amide bonds. The van der Waals surface area contributed by atoms with E-state index in [0.717, 1.165) is 35.2 Å². The minimum Gasteiger partial charge on any atom is -0.349 e. The van der Waals surface area contributed by atoms with Crippen molar-refractivity contribution in [3.63, 3.8) is 0 Å². The highest BCUT2D eigenvalue weighted by Gasteiger charge is 2.33. The van der Waals surface area contributed by atoms with Gasteiger partial charge in [0.25, 0.3) is 5.91 Å². The molecule has 0 saturated heterocycles. The molecule has 0 saturated carbocycles. The number of nitrogens with one attached hydrogen (secondary N) is 1. The van der Waals surface area contributed by atoms with Gasteiger partial charge in [0.1, 0.15) is 0 Å². The van der Waals surface area contributed by atoms with Crippen LogP contribution in [0.15, 0.2) is 30.6 Å². The Labute approximate surface area is 151 Å². The number of amides is 2. The molecule has 1 aromatic heterocycles. The fraction of sp³-hybridized carbons (Fsp3) is 0.316. The summed E-state index contributed by atoms with van der Waals surface area (Å²) in [6, 6.07) is 5.34. The summed E-state index contributed by atoms with van der Waals surface area (Å²) in [5.41, 5.74) is 4.58. The Hall–Kier alpha value is -2.40. The highest BCUT2D eigenvalue weighted by molar-refractivity contribution is 6.31. The van der Waals surface area contributed by atoms with Gasteiger partial charge in [0.15, 0.2) is 0 Å². The molecule has 6 heteroatoms. The molecular formula is C19H18ClN3O2. The second kappa shape index (κ2) is 6.15. The van der Waals surface area contributed by atoms with Crippen LogP contribution in [-0.4, -0.2) is 16.8 Å². The molecule has 4 rings (SSSR count). The van der Waals surface area contributed by atoms with E-state index in [0.29, 0.717) is 23.6 Å². The lowest BCUT2D eigenvalue weighted by Crippen LogP contribution is -2.27. The average molecular weight is 356 g/mol. The lowest BCUT2D eigenvalue weighted by molar-refractivity contribution is -0.121. The topological polar surface area (TPSA) is 62.3 Å². The molecule has 0 radical (unpaired) electrons. The van der Waals surface area contributed by atoms with Gasteiger partial charge in [0, 0.05) is 23.2 Å². The molecule has 1 aliphatic carbocycles. The molecule has 0 bridgehead atoms. The van der Waals surface area contributed by atoms with Crippen LogP contribution in [-0.2, 0) is 17.8 Å². The van der Waals surface area contributed by atoms with Crippen molar-refractivity contribution < 1.29 is 9.59 Å². The van der Waals surface area contributed by atoms with Crippen LogP contribution in [0.25, 0.3) is 0 Å². The van der Waals surface area contributed by atoms with Gasteiger partial charge in [0.05, 0.1) is 24.5 Å². The Morgan fingerprint density at radius 3 is 3.04 bits per heavy atom. The second-order valence-electron chi connectivity index (χ2n) is 6.43. The monoisotopic (exact) mass is 355 g/mol. The van der Waals surface area contributed by atoms with Crippen LogP contribution in [0.1, 0.15) is 52.9 Å². The average Bonchev–Trinajstić information content (AvgIpc) is 3.16. The predicted molar refractivity (Wildman–Crippen MR) is 95.7 cm³/mol. The largest absolute Gasteiger partial charge is 0.349 e. The lowest BCUT2D eigenvalue weighted by Gasteiger charge is -2.20. The Morgan fingerprint density at radius 1 is 1.40 bits per heavy atom. The van der Waals surface area contributed by atoms with E-state index in [1.807, 2.05) is 13.0 Å². The number of rotatable bonds is 3. The van der Waals surface area contributed by atoms with Crippen molar-refractivity contribution in [3.05, 3.63) is 57.9 Å². The Kier molecular flexibility index (Phi) is 3.96. The zero-order chi connectivity index (χ0) is 17.6. The van der Waals surface area contributed by atoms with Crippen molar-refractivity contribution in [2.45, 2.75) is 38.8 Å². The van der Waals surface area contributed by atoms with Crippen molar-refractivity contribution in [3.8, 4) is 0 Å². The van der Waals surface area contributed by atoms with Gasteiger partial charge in [-0.15, -0.1) is 0 Å². The first-order valence-electron chi connectivity index (χ1n) is 8.45. The van der Waals surface area contributed by atoms with Crippen molar-refractivity contribution in [1.82, 2.24) is 10.3 Å². The SMILES string of the molecule is CCC(=O)N[C@@H]1CCc2c1cncc2N1Cc2cc(Cl)ccc2C1=O. The van der Waals surface area contributed by atoms with Crippen LogP contribution in [0.5, 0.6) is 0 Å². The van der Waals surface area contributed by atoms with E-state index < -0.39 is 0 Å². The van der Waals surface area contributed by atoms with E-state index in [9.17, 15) is 9.59 Å². The van der Waals surface area contributed by atoms with Crippen molar-refractivity contribution >= 4 is 29.1 Å². The fourth-order valence-electron chi connectivity index (χ4n) is 3.67. The minimum atomic E-state index is -0.0251. The van der Waals surface area contributed by atoms with Crippen LogP contribution in [0.4, 0.5) is 5.69 Å². The smallest absolute Gasteiger partial charge is 0.258 e. The summed E-state index contributed by atoms with van der Waals surface area (Å²) in [5.74, 6) is 0.00506. The van der Waals surface area contributed by atoms with Crippen LogP contribution in [0.2, 0.25) is 5.02 Å². The number of carbonyl (C=O) groups is 2. The number of anilines is 1. The number of nitrogens with zero attached hydrogens (tertiary/aromatic N) is 2. The number of hydrogen-bond donors (Lipinski definition) is 1. The van der Waals surface area contributed by atoms with E-state index in [-0.39, 0.29) is 17.9 Å². The lowest BCUT2D eigenvalue weighted by atomic mass is 10.1. The molecule has 5 nitrogen and oxygen atoms in total. The van der Waals surface area contributed by atoms with Gasteiger partial charge in [-0.1, -0.05) is 18.5 Å². The predicted octanol–water partition coefficient (Wildman–Crippen LogP) is 3.41. The molecule has 2 heterocycles. The quantitative estimate of drug-likeness (QED) is 0.917. The summed E-state index contributed by atoms with van der Waals surface area (Å²) in [4.78, 5) is 30.6. The summed E-state index contributed by atoms with van der Waals surface area (Å²) >= 11 is 6.06. The summed E-state index contributed by atoms with van der Waals surface area (Å²) in [5, 5.41) is 3.67. The number of fused-ring (bicyclic) bond motifs is 2. The zero-order valence-electron chi connectivity index (χ0n) is 13.9. The Morgan fingerprint density at radius 2 is 2.24 bits per heavy atom. The normalized spacial score (nSPS) is 18.2. The molecule has 0 spiro atoms. The molecule has 128 valence electrons. The van der Waals surface area contributed by atoms with Crippen molar-refractivity contribution in [1.29, 1.82) is 0 Å². The molecule has 2 aromatic rings. The van der Waals surface area contributed by atoms with Gasteiger partial charge in [-0.25, -0.2) is 0 Å². The standard InChI is InChI=1S/C19H18ClN3O2/c1-2-18(24)22-16-6-5-14-15(16)8-21-9-17(14)23-10-11-7-12(20)3-4-13(11)19(23)25/h3-4,7-9,16H,2,5-6,10H2,1H3,(H,22,24)/t16-/m1/s1. The van der Waals surface area contributed by atoms with Gasteiger partial charge in [0.2, 0.25) is 5.91 Å². The first kappa shape index (κ1) is 16.1. The summed E-state index contributed by atoms with van der Waals surface area (Å²) in [7, 11) is 0. The molecular weight excluding hydrogens is 338 g/mol. The molecule has 0 unspecified atom stereocenters. The second-order valence-corrected chi connectivity index (χ2v) is 6.87. The number of pyridine rings is 1. The number of hydrogen-bond acceptors (Lipinski definition) is 3. The highest BCUT2D eigenvalue weighted by Crippen LogP contribution is 2.39. The van der Waals surface area contributed by atoms with E-state index >= 15 is 0 Å². The molecule has 1 atom stereocenters. The number of carbonyl (C=O) groups excluding carboxylic acids is 2. The van der Waals surface area contributed by atoms with E-state index in [1.54, 1.807) is 29.4 Å². The highest BCUT2D eigenvalue weighted by atomic mass is 35.5. The molecule has 2 aliphatic rings. The maximum atomic E-state index is 12.8. The number of halogens is 1. The molecule has 1 aromatic carbocycles. The molecule has 25 heavy (non-hydrogen) atoms. The number of aromatic nitrogens is 1.